The van der Waals surface area contributed by atoms with E-state index in [0.717, 1.165) is 5.56 Å². The SMILES string of the molecule is O=C1CC(c2ccccc2)C(=O)N1c1cccnc1. The highest BCUT2D eigenvalue weighted by molar-refractivity contribution is 6.22. The van der Waals surface area contributed by atoms with Crippen molar-refractivity contribution in [3.05, 3.63) is 60.4 Å². The normalized spacial score (nSPS) is 18.9. The number of carbonyl (C=O) groups excluding carboxylic acids is 2. The number of hydrogen-bond acceptors (Lipinski definition) is 3. The van der Waals surface area contributed by atoms with Gasteiger partial charge in [-0.25, -0.2) is 4.90 Å². The van der Waals surface area contributed by atoms with Gasteiger partial charge >= 0.3 is 0 Å². The first-order chi connectivity index (χ1) is 9.27. The second kappa shape index (κ2) is 4.65. The summed E-state index contributed by atoms with van der Waals surface area (Å²) in [6.07, 6.45) is 3.37. The minimum atomic E-state index is -0.381. The summed E-state index contributed by atoms with van der Waals surface area (Å²) >= 11 is 0. The van der Waals surface area contributed by atoms with E-state index in [-0.39, 0.29) is 24.2 Å². The van der Waals surface area contributed by atoms with Crippen molar-refractivity contribution in [2.24, 2.45) is 0 Å². The largest absolute Gasteiger partial charge is 0.274 e. The molecule has 4 nitrogen and oxygen atoms in total. The zero-order valence-electron chi connectivity index (χ0n) is 10.2. The molecule has 3 rings (SSSR count). The number of aromatic nitrogens is 1. The summed E-state index contributed by atoms with van der Waals surface area (Å²) < 4.78 is 0. The van der Waals surface area contributed by atoms with Gasteiger partial charge in [0.05, 0.1) is 17.8 Å². The number of carbonyl (C=O) groups is 2. The summed E-state index contributed by atoms with van der Waals surface area (Å²) in [4.78, 5) is 29.6. The molecule has 2 heterocycles. The predicted octanol–water partition coefficient (Wildman–Crippen LogP) is 2.13. The molecule has 2 aromatic rings. The Balaban J connectivity index is 1.94. The third-order valence-electron chi connectivity index (χ3n) is 3.25. The first-order valence-corrected chi connectivity index (χ1v) is 6.09. The second-order valence-corrected chi connectivity index (χ2v) is 4.45. The van der Waals surface area contributed by atoms with Crippen LogP contribution in [0.1, 0.15) is 17.9 Å². The van der Waals surface area contributed by atoms with Crippen LogP contribution < -0.4 is 4.90 Å². The quantitative estimate of drug-likeness (QED) is 0.769. The third kappa shape index (κ3) is 2.01. The number of anilines is 1. The molecule has 1 aliphatic heterocycles. The van der Waals surface area contributed by atoms with Crippen LogP contribution in [0.5, 0.6) is 0 Å². The van der Waals surface area contributed by atoms with Crippen LogP contribution in [0.3, 0.4) is 0 Å². The maximum atomic E-state index is 12.4. The van der Waals surface area contributed by atoms with E-state index in [9.17, 15) is 9.59 Å². The molecule has 94 valence electrons. The Hall–Kier alpha value is -2.49. The zero-order valence-corrected chi connectivity index (χ0v) is 10.2. The average Bonchev–Trinajstić information content (AvgIpc) is 2.76. The van der Waals surface area contributed by atoms with E-state index < -0.39 is 0 Å². The number of rotatable bonds is 2. The molecule has 0 spiro atoms. The lowest BCUT2D eigenvalue weighted by Crippen LogP contribution is -2.30. The monoisotopic (exact) mass is 252 g/mol. The van der Waals surface area contributed by atoms with Crippen LogP contribution in [0, 0.1) is 0 Å². The van der Waals surface area contributed by atoms with Crippen LogP contribution in [0.15, 0.2) is 54.9 Å². The highest BCUT2D eigenvalue weighted by atomic mass is 16.2. The van der Waals surface area contributed by atoms with E-state index in [1.807, 2.05) is 30.3 Å². The molecule has 1 fully saturated rings. The van der Waals surface area contributed by atoms with E-state index in [1.165, 1.54) is 11.1 Å². The molecule has 0 N–H and O–H groups in total. The molecule has 1 aliphatic rings. The van der Waals surface area contributed by atoms with Crippen molar-refractivity contribution in [1.82, 2.24) is 4.98 Å². The number of nitrogens with zero attached hydrogens (tertiary/aromatic N) is 2. The standard InChI is InChI=1S/C15H12N2O2/c18-14-9-13(11-5-2-1-3-6-11)15(19)17(14)12-7-4-8-16-10-12/h1-8,10,13H,9H2. The van der Waals surface area contributed by atoms with Crippen molar-refractivity contribution < 1.29 is 9.59 Å². The van der Waals surface area contributed by atoms with Crippen LogP contribution in [-0.2, 0) is 9.59 Å². The summed E-state index contributed by atoms with van der Waals surface area (Å²) in [6, 6.07) is 12.8. The van der Waals surface area contributed by atoms with Gasteiger partial charge in [-0.3, -0.25) is 14.6 Å². The minimum absolute atomic E-state index is 0.174. The van der Waals surface area contributed by atoms with Gasteiger partial charge in [-0.2, -0.15) is 0 Å². The fraction of sp³-hybridized carbons (Fsp3) is 0.133. The number of pyridine rings is 1. The van der Waals surface area contributed by atoms with Gasteiger partial charge in [-0.15, -0.1) is 0 Å². The van der Waals surface area contributed by atoms with Crippen LogP contribution in [0.2, 0.25) is 0 Å². The van der Waals surface area contributed by atoms with Crippen molar-refractivity contribution in [2.45, 2.75) is 12.3 Å². The first kappa shape index (κ1) is 11.6. The van der Waals surface area contributed by atoms with Crippen LogP contribution in [0.25, 0.3) is 0 Å². The lowest BCUT2D eigenvalue weighted by atomic mass is 9.98. The summed E-state index contributed by atoms with van der Waals surface area (Å²) in [5, 5.41) is 0. The Morgan fingerprint density at radius 2 is 1.84 bits per heavy atom. The van der Waals surface area contributed by atoms with Crippen molar-refractivity contribution >= 4 is 17.5 Å². The minimum Gasteiger partial charge on any atom is -0.274 e. The molecule has 0 bridgehead atoms. The van der Waals surface area contributed by atoms with Crippen molar-refractivity contribution in [2.75, 3.05) is 4.90 Å². The Labute approximate surface area is 110 Å². The molecule has 1 unspecified atom stereocenters. The van der Waals surface area contributed by atoms with Crippen molar-refractivity contribution in [1.29, 1.82) is 0 Å². The Kier molecular flexibility index (Phi) is 2.83. The smallest absolute Gasteiger partial charge is 0.241 e. The summed E-state index contributed by atoms with van der Waals surface area (Å²) in [5.74, 6) is -0.732. The molecule has 1 aromatic carbocycles. The van der Waals surface area contributed by atoms with Crippen molar-refractivity contribution in [3.63, 3.8) is 0 Å². The Bertz CT molecular complexity index is 611. The molecule has 0 radical (unpaired) electrons. The third-order valence-corrected chi connectivity index (χ3v) is 3.25. The van der Waals surface area contributed by atoms with Crippen molar-refractivity contribution in [3.8, 4) is 0 Å². The van der Waals surface area contributed by atoms with E-state index in [0.29, 0.717) is 5.69 Å². The van der Waals surface area contributed by atoms with Gasteiger partial charge in [0.2, 0.25) is 11.8 Å². The predicted molar refractivity (Wildman–Crippen MR) is 70.5 cm³/mol. The molecule has 2 amide bonds. The number of benzene rings is 1. The summed E-state index contributed by atoms with van der Waals surface area (Å²) in [5.41, 5.74) is 1.42. The molecule has 1 saturated heterocycles. The van der Waals surface area contributed by atoms with E-state index in [1.54, 1.807) is 18.3 Å². The molecule has 4 heteroatoms. The van der Waals surface area contributed by atoms with Gasteiger partial charge in [0.1, 0.15) is 0 Å². The highest BCUT2D eigenvalue weighted by Gasteiger charge is 2.40. The lowest BCUT2D eigenvalue weighted by molar-refractivity contribution is -0.121. The highest BCUT2D eigenvalue weighted by Crippen LogP contribution is 2.32. The zero-order chi connectivity index (χ0) is 13.2. The maximum Gasteiger partial charge on any atom is 0.241 e. The molecule has 0 saturated carbocycles. The molecule has 1 atom stereocenters. The fourth-order valence-electron chi connectivity index (χ4n) is 2.33. The fourth-order valence-corrected chi connectivity index (χ4v) is 2.33. The Morgan fingerprint density at radius 1 is 1.05 bits per heavy atom. The molecular weight excluding hydrogens is 240 g/mol. The molecule has 1 aromatic heterocycles. The van der Waals surface area contributed by atoms with Crippen LogP contribution in [-0.4, -0.2) is 16.8 Å². The van der Waals surface area contributed by atoms with E-state index in [2.05, 4.69) is 4.98 Å². The summed E-state index contributed by atoms with van der Waals surface area (Å²) in [6.45, 7) is 0. The summed E-state index contributed by atoms with van der Waals surface area (Å²) in [7, 11) is 0. The van der Waals surface area contributed by atoms with Crippen LogP contribution >= 0.6 is 0 Å². The number of imide groups is 1. The first-order valence-electron chi connectivity index (χ1n) is 6.09. The van der Waals surface area contributed by atoms with E-state index in [4.69, 9.17) is 0 Å². The molecular formula is C15H12N2O2. The second-order valence-electron chi connectivity index (χ2n) is 4.45. The topological polar surface area (TPSA) is 50.3 Å². The lowest BCUT2D eigenvalue weighted by Gasteiger charge is -2.14. The molecule has 19 heavy (non-hydrogen) atoms. The van der Waals surface area contributed by atoms with Gasteiger partial charge < -0.3 is 0 Å². The van der Waals surface area contributed by atoms with Crippen LogP contribution in [0.4, 0.5) is 5.69 Å². The Morgan fingerprint density at radius 3 is 2.53 bits per heavy atom. The number of hydrogen-bond donors (Lipinski definition) is 0. The van der Waals surface area contributed by atoms with Gasteiger partial charge in [0, 0.05) is 12.6 Å². The number of amides is 2. The average molecular weight is 252 g/mol. The van der Waals surface area contributed by atoms with Gasteiger partial charge in [-0.1, -0.05) is 30.3 Å². The van der Waals surface area contributed by atoms with E-state index >= 15 is 0 Å². The van der Waals surface area contributed by atoms with Gasteiger partial charge in [-0.05, 0) is 17.7 Å². The van der Waals surface area contributed by atoms with Gasteiger partial charge in [0.25, 0.3) is 0 Å². The molecule has 0 aliphatic carbocycles. The maximum absolute atomic E-state index is 12.4. The van der Waals surface area contributed by atoms with Gasteiger partial charge in [0.15, 0.2) is 0 Å².